The molecule has 3 N–H and O–H groups in total. The molecule has 0 aliphatic heterocycles. The van der Waals surface area contributed by atoms with Gasteiger partial charge in [-0.2, -0.15) is 22.0 Å². The Morgan fingerprint density at radius 2 is 1.80 bits per heavy atom. The van der Waals surface area contributed by atoms with E-state index in [-0.39, 0.29) is 30.5 Å². The SMILES string of the molecule is CCOc1cc([C@@H](N)C(F)(F)C(F)(F)F)ccc1O.Cl. The minimum absolute atomic E-state index is 0. The standard InChI is InChI=1S/C11H12F5NO2.ClH/c1-2-19-8-5-6(3-4-7(8)18)9(17)10(12,13)11(14,15)16;/h3-5,9,18H,2,17H2,1H3;1H/t9-;/m1./s1. The first-order valence-electron chi connectivity index (χ1n) is 5.27. The summed E-state index contributed by atoms with van der Waals surface area (Å²) in [4.78, 5) is 0. The fraction of sp³-hybridized carbons (Fsp3) is 0.455. The highest BCUT2D eigenvalue weighted by Crippen LogP contribution is 2.44. The topological polar surface area (TPSA) is 55.5 Å². The number of alkyl halides is 5. The van der Waals surface area contributed by atoms with Crippen LogP contribution >= 0.6 is 12.4 Å². The van der Waals surface area contributed by atoms with Crippen LogP contribution in [0.2, 0.25) is 0 Å². The van der Waals surface area contributed by atoms with Crippen LogP contribution in [0, 0.1) is 0 Å². The van der Waals surface area contributed by atoms with Gasteiger partial charge in [0.25, 0.3) is 0 Å². The van der Waals surface area contributed by atoms with Gasteiger partial charge in [0.1, 0.15) is 6.04 Å². The third-order valence-corrected chi connectivity index (χ3v) is 2.41. The van der Waals surface area contributed by atoms with Crippen LogP contribution in [0.1, 0.15) is 18.5 Å². The van der Waals surface area contributed by atoms with Gasteiger partial charge in [0.05, 0.1) is 6.61 Å². The summed E-state index contributed by atoms with van der Waals surface area (Å²) in [6.45, 7) is 1.68. The van der Waals surface area contributed by atoms with Crippen LogP contribution in [-0.2, 0) is 0 Å². The van der Waals surface area contributed by atoms with Crippen LogP contribution < -0.4 is 10.5 Å². The maximum atomic E-state index is 13.1. The zero-order chi connectivity index (χ0) is 14.8. The maximum absolute atomic E-state index is 13.1. The molecule has 0 unspecified atom stereocenters. The van der Waals surface area contributed by atoms with Gasteiger partial charge in [-0.3, -0.25) is 0 Å². The van der Waals surface area contributed by atoms with Gasteiger partial charge in [-0.25, -0.2) is 0 Å². The normalized spacial score (nSPS) is 13.6. The van der Waals surface area contributed by atoms with Crippen molar-refractivity contribution in [1.82, 2.24) is 0 Å². The fourth-order valence-corrected chi connectivity index (χ4v) is 1.38. The lowest BCUT2D eigenvalue weighted by Gasteiger charge is -2.26. The Bertz CT molecular complexity index is 453. The Morgan fingerprint density at radius 1 is 1.25 bits per heavy atom. The van der Waals surface area contributed by atoms with Crippen molar-refractivity contribution < 1.29 is 31.8 Å². The summed E-state index contributed by atoms with van der Waals surface area (Å²) in [5.74, 6) is -5.64. The van der Waals surface area contributed by atoms with Gasteiger partial charge in [-0.05, 0) is 24.6 Å². The fourth-order valence-electron chi connectivity index (χ4n) is 1.38. The summed E-state index contributed by atoms with van der Waals surface area (Å²) in [5, 5.41) is 9.33. The van der Waals surface area contributed by atoms with E-state index in [1.54, 1.807) is 6.92 Å². The number of ether oxygens (including phenoxy) is 1. The lowest BCUT2D eigenvalue weighted by Crippen LogP contribution is -2.45. The lowest BCUT2D eigenvalue weighted by molar-refractivity contribution is -0.291. The van der Waals surface area contributed by atoms with Crippen LogP contribution in [0.5, 0.6) is 11.5 Å². The molecule has 1 rings (SSSR count). The smallest absolute Gasteiger partial charge is 0.455 e. The largest absolute Gasteiger partial charge is 0.504 e. The highest BCUT2D eigenvalue weighted by Gasteiger charge is 2.61. The predicted molar refractivity (Wildman–Crippen MR) is 64.5 cm³/mol. The van der Waals surface area contributed by atoms with Gasteiger partial charge in [-0.15, -0.1) is 12.4 Å². The van der Waals surface area contributed by atoms with Gasteiger partial charge in [0, 0.05) is 0 Å². The molecule has 0 saturated heterocycles. The first-order valence-corrected chi connectivity index (χ1v) is 5.27. The minimum Gasteiger partial charge on any atom is -0.504 e. The molecule has 0 aliphatic rings. The molecule has 3 nitrogen and oxygen atoms in total. The van der Waals surface area contributed by atoms with Crippen LogP contribution in [-0.4, -0.2) is 23.8 Å². The number of rotatable bonds is 4. The molecule has 116 valence electrons. The van der Waals surface area contributed by atoms with E-state index in [1.165, 1.54) is 0 Å². The third kappa shape index (κ3) is 3.63. The highest BCUT2D eigenvalue weighted by atomic mass is 35.5. The highest BCUT2D eigenvalue weighted by molar-refractivity contribution is 5.85. The van der Waals surface area contributed by atoms with Crippen molar-refractivity contribution in [3.63, 3.8) is 0 Å². The van der Waals surface area contributed by atoms with Gasteiger partial charge in [0.15, 0.2) is 11.5 Å². The third-order valence-electron chi connectivity index (χ3n) is 2.41. The van der Waals surface area contributed by atoms with Crippen molar-refractivity contribution >= 4 is 12.4 Å². The molecule has 0 aromatic heterocycles. The van der Waals surface area contributed by atoms with Gasteiger partial charge >= 0.3 is 12.1 Å². The van der Waals surface area contributed by atoms with Crippen molar-refractivity contribution in [3.05, 3.63) is 23.8 Å². The maximum Gasteiger partial charge on any atom is 0.455 e. The van der Waals surface area contributed by atoms with Crippen LogP contribution in [0.3, 0.4) is 0 Å². The zero-order valence-electron chi connectivity index (χ0n) is 10.2. The van der Waals surface area contributed by atoms with E-state index in [2.05, 4.69) is 0 Å². The predicted octanol–water partition coefficient (Wildman–Crippen LogP) is 3.41. The summed E-state index contributed by atoms with van der Waals surface area (Å²) in [5.41, 5.74) is 4.48. The molecule has 1 aromatic rings. The van der Waals surface area contributed by atoms with E-state index >= 15 is 0 Å². The molecule has 0 bridgehead atoms. The van der Waals surface area contributed by atoms with Crippen molar-refractivity contribution in [1.29, 1.82) is 0 Å². The number of phenolic OH excluding ortho intramolecular Hbond substituents is 1. The van der Waals surface area contributed by atoms with E-state index in [9.17, 15) is 27.1 Å². The molecule has 0 amide bonds. The van der Waals surface area contributed by atoms with Crippen molar-refractivity contribution in [2.24, 2.45) is 5.73 Å². The summed E-state index contributed by atoms with van der Waals surface area (Å²) in [6, 6.07) is 0.130. The summed E-state index contributed by atoms with van der Waals surface area (Å²) < 4.78 is 67.6. The average Bonchev–Trinajstić information content (AvgIpc) is 2.30. The number of hydrogen-bond donors (Lipinski definition) is 2. The van der Waals surface area contributed by atoms with E-state index in [4.69, 9.17) is 10.5 Å². The van der Waals surface area contributed by atoms with Crippen molar-refractivity contribution in [3.8, 4) is 11.5 Å². The van der Waals surface area contributed by atoms with Crippen molar-refractivity contribution in [2.45, 2.75) is 25.1 Å². The molecule has 1 atom stereocenters. The Balaban J connectivity index is 0.00000361. The lowest BCUT2D eigenvalue weighted by atomic mass is 10.0. The second kappa shape index (κ2) is 6.45. The number of hydrogen-bond acceptors (Lipinski definition) is 3. The Morgan fingerprint density at radius 3 is 2.25 bits per heavy atom. The quantitative estimate of drug-likeness (QED) is 0.836. The summed E-state index contributed by atoms with van der Waals surface area (Å²) in [6.07, 6.45) is -5.75. The number of halogens is 6. The molecule has 0 spiro atoms. The molecule has 0 fully saturated rings. The number of nitrogens with two attached hydrogens (primary N) is 1. The first kappa shape index (κ1) is 18.7. The summed E-state index contributed by atoms with van der Waals surface area (Å²) >= 11 is 0. The van der Waals surface area contributed by atoms with Crippen LogP contribution in [0.25, 0.3) is 0 Å². The molecular weight excluding hydrogens is 309 g/mol. The first-order chi connectivity index (χ1) is 8.61. The zero-order valence-corrected chi connectivity index (χ0v) is 11.1. The average molecular weight is 322 g/mol. The Kier molecular flexibility index (Phi) is 6.03. The second-order valence-corrected chi connectivity index (χ2v) is 3.76. The Labute approximate surface area is 117 Å². The van der Waals surface area contributed by atoms with Crippen molar-refractivity contribution in [2.75, 3.05) is 6.61 Å². The van der Waals surface area contributed by atoms with Gasteiger partial charge < -0.3 is 15.6 Å². The molecular formula is C11H13ClF5NO2. The molecule has 0 radical (unpaired) electrons. The van der Waals surface area contributed by atoms with E-state index in [0.29, 0.717) is 0 Å². The number of aromatic hydroxyl groups is 1. The van der Waals surface area contributed by atoms with E-state index < -0.39 is 23.7 Å². The summed E-state index contributed by atoms with van der Waals surface area (Å²) in [7, 11) is 0. The molecule has 0 aliphatic carbocycles. The molecule has 1 aromatic carbocycles. The van der Waals surface area contributed by atoms with E-state index in [0.717, 1.165) is 18.2 Å². The number of phenols is 1. The molecule has 9 heteroatoms. The molecule has 20 heavy (non-hydrogen) atoms. The molecule has 0 heterocycles. The van der Waals surface area contributed by atoms with Gasteiger partial charge in [0.2, 0.25) is 0 Å². The van der Waals surface area contributed by atoms with E-state index in [1.807, 2.05) is 0 Å². The van der Waals surface area contributed by atoms with Crippen LogP contribution in [0.15, 0.2) is 18.2 Å². The second-order valence-electron chi connectivity index (χ2n) is 3.76. The number of benzene rings is 1. The van der Waals surface area contributed by atoms with Gasteiger partial charge in [-0.1, -0.05) is 6.07 Å². The monoisotopic (exact) mass is 321 g/mol. The van der Waals surface area contributed by atoms with Crippen LogP contribution in [0.4, 0.5) is 22.0 Å². The Hall–Kier alpha value is -1.28. The molecule has 0 saturated carbocycles. The minimum atomic E-state index is -5.75.